The van der Waals surface area contributed by atoms with Gasteiger partial charge in [-0.25, -0.2) is 0 Å². The van der Waals surface area contributed by atoms with Crippen LogP contribution in [0.25, 0.3) is 0 Å². The molecule has 5 N–H and O–H groups in total. The fourth-order valence-electron chi connectivity index (χ4n) is 1.10. The molecule has 0 radical (unpaired) electrons. The first-order chi connectivity index (χ1) is 6.91. The van der Waals surface area contributed by atoms with Crippen LogP contribution in [0.1, 0.15) is 6.42 Å². The highest BCUT2D eigenvalue weighted by Gasteiger charge is 2.21. The van der Waals surface area contributed by atoms with Gasteiger partial charge < -0.3 is 15.9 Å². The number of aliphatic hydroxyl groups excluding tert-OH is 1. The summed E-state index contributed by atoms with van der Waals surface area (Å²) in [5, 5.41) is 24.8. The van der Waals surface area contributed by atoms with E-state index in [0.29, 0.717) is 0 Å². The van der Waals surface area contributed by atoms with Gasteiger partial charge in [-0.15, -0.1) is 0 Å². The van der Waals surface area contributed by atoms with Gasteiger partial charge in [0.05, 0.1) is 5.71 Å². The van der Waals surface area contributed by atoms with Gasteiger partial charge >= 0.3 is 5.97 Å². The Morgan fingerprint density at radius 2 is 2.13 bits per heavy atom. The van der Waals surface area contributed by atoms with Crippen molar-refractivity contribution in [3.05, 3.63) is 23.5 Å². The van der Waals surface area contributed by atoms with Crippen LogP contribution in [0.4, 0.5) is 0 Å². The molecule has 6 nitrogen and oxygen atoms in total. The van der Waals surface area contributed by atoms with E-state index in [1.807, 2.05) is 0 Å². The predicted octanol–water partition coefficient (Wildman–Crippen LogP) is -0.241. The second kappa shape index (κ2) is 4.05. The molecule has 0 spiro atoms. The Morgan fingerprint density at radius 1 is 1.53 bits per heavy atom. The van der Waals surface area contributed by atoms with Crippen molar-refractivity contribution in [1.82, 2.24) is 0 Å². The normalized spacial score (nSPS) is 18.2. The quantitative estimate of drug-likeness (QED) is 0.478. The van der Waals surface area contributed by atoms with Crippen LogP contribution in [-0.4, -0.2) is 33.7 Å². The summed E-state index contributed by atoms with van der Waals surface area (Å²) in [6.45, 7) is 0. The molecule has 0 fully saturated rings. The fraction of sp³-hybridized carbons (Fsp3) is 0.222. The van der Waals surface area contributed by atoms with Crippen LogP contribution >= 0.6 is 0 Å². The van der Waals surface area contributed by atoms with Crippen molar-refractivity contribution < 1.29 is 19.8 Å². The van der Waals surface area contributed by atoms with E-state index in [1.165, 1.54) is 0 Å². The summed E-state index contributed by atoms with van der Waals surface area (Å²) in [5.41, 5.74) is 5.14. The predicted molar refractivity (Wildman–Crippen MR) is 51.8 cm³/mol. The molecule has 0 bridgehead atoms. The molecule has 6 heteroatoms. The third-order valence-corrected chi connectivity index (χ3v) is 1.94. The van der Waals surface area contributed by atoms with Crippen molar-refractivity contribution in [3.8, 4) is 0 Å². The molecule has 0 heterocycles. The number of aliphatic carboxylic acids is 1. The van der Waals surface area contributed by atoms with Crippen LogP contribution < -0.4 is 5.73 Å². The molecule has 0 aromatic carbocycles. The number of ketones is 1. The lowest BCUT2D eigenvalue weighted by Crippen LogP contribution is -2.32. The zero-order valence-electron chi connectivity index (χ0n) is 7.73. The summed E-state index contributed by atoms with van der Waals surface area (Å²) in [5.74, 6) is -2.15. The van der Waals surface area contributed by atoms with Gasteiger partial charge in [-0.3, -0.25) is 15.0 Å². The topological polar surface area (TPSA) is 124 Å². The highest BCUT2D eigenvalue weighted by atomic mass is 16.4. The van der Waals surface area contributed by atoms with Crippen LogP contribution in [0.5, 0.6) is 0 Å². The van der Waals surface area contributed by atoms with Crippen molar-refractivity contribution in [1.29, 1.82) is 5.41 Å². The molecule has 1 aliphatic rings. The zero-order chi connectivity index (χ0) is 11.6. The first kappa shape index (κ1) is 11.1. The van der Waals surface area contributed by atoms with Crippen molar-refractivity contribution in [2.24, 2.45) is 5.73 Å². The summed E-state index contributed by atoms with van der Waals surface area (Å²) in [6.07, 6.45) is 1.85. The first-order valence-corrected chi connectivity index (χ1v) is 4.14. The van der Waals surface area contributed by atoms with Crippen LogP contribution in [0.15, 0.2) is 23.5 Å². The van der Waals surface area contributed by atoms with E-state index in [2.05, 4.69) is 0 Å². The summed E-state index contributed by atoms with van der Waals surface area (Å²) in [4.78, 5) is 21.7. The van der Waals surface area contributed by atoms with Crippen LogP contribution in [0.2, 0.25) is 0 Å². The molecule has 1 aliphatic carbocycles. The number of carboxylic acids is 1. The highest BCUT2D eigenvalue weighted by molar-refractivity contribution is 6.20. The second-order valence-corrected chi connectivity index (χ2v) is 3.13. The fourth-order valence-corrected chi connectivity index (χ4v) is 1.10. The Kier molecular flexibility index (Phi) is 3.01. The number of nitrogens with two attached hydrogens (primary N) is 1. The molecule has 0 aromatic rings. The molecule has 0 aliphatic heterocycles. The van der Waals surface area contributed by atoms with Gasteiger partial charge in [0.2, 0.25) is 0 Å². The summed E-state index contributed by atoms with van der Waals surface area (Å²) >= 11 is 0. The van der Waals surface area contributed by atoms with Crippen molar-refractivity contribution >= 4 is 17.5 Å². The van der Waals surface area contributed by atoms with E-state index < -0.39 is 23.6 Å². The summed E-state index contributed by atoms with van der Waals surface area (Å²) < 4.78 is 0. The third-order valence-electron chi connectivity index (χ3n) is 1.94. The highest BCUT2D eigenvalue weighted by Crippen LogP contribution is 2.14. The first-order valence-electron chi connectivity index (χ1n) is 4.14. The van der Waals surface area contributed by atoms with Crippen LogP contribution in [0.3, 0.4) is 0 Å². The maximum Gasteiger partial charge on any atom is 0.320 e. The minimum absolute atomic E-state index is 0.118. The van der Waals surface area contributed by atoms with Gasteiger partial charge in [-0.2, -0.15) is 0 Å². The summed E-state index contributed by atoms with van der Waals surface area (Å²) in [6, 6.07) is -1.18. The molecular weight excluding hydrogens is 200 g/mol. The number of hydrogen-bond donors (Lipinski definition) is 4. The molecule has 80 valence electrons. The lowest BCUT2D eigenvalue weighted by molar-refractivity contribution is -0.138. The molecule has 0 saturated carbocycles. The number of hydrogen-bond acceptors (Lipinski definition) is 5. The van der Waals surface area contributed by atoms with Crippen molar-refractivity contribution in [2.75, 3.05) is 0 Å². The van der Waals surface area contributed by atoms with Crippen LogP contribution in [0, 0.1) is 5.41 Å². The van der Waals surface area contributed by atoms with Gasteiger partial charge in [0, 0.05) is 18.1 Å². The van der Waals surface area contributed by atoms with Crippen molar-refractivity contribution in [3.63, 3.8) is 0 Å². The van der Waals surface area contributed by atoms with Crippen molar-refractivity contribution in [2.45, 2.75) is 12.5 Å². The minimum atomic E-state index is -1.21. The maximum atomic E-state index is 11.3. The molecular formula is C9H10N2O4. The second-order valence-electron chi connectivity index (χ2n) is 3.13. The molecule has 0 saturated heterocycles. The monoisotopic (exact) mass is 210 g/mol. The van der Waals surface area contributed by atoms with Crippen LogP contribution in [-0.2, 0) is 9.59 Å². The Hall–Kier alpha value is -1.95. The lowest BCUT2D eigenvalue weighted by atomic mass is 9.96. The average Bonchev–Trinajstić information content (AvgIpc) is 2.13. The van der Waals surface area contributed by atoms with Gasteiger partial charge in [0.25, 0.3) is 0 Å². The number of nitrogens with one attached hydrogen (secondary N) is 1. The minimum Gasteiger partial charge on any atom is -0.506 e. The largest absolute Gasteiger partial charge is 0.506 e. The van der Waals surface area contributed by atoms with E-state index in [4.69, 9.17) is 21.4 Å². The molecule has 0 amide bonds. The van der Waals surface area contributed by atoms with E-state index in [1.54, 1.807) is 0 Å². The SMILES string of the molecule is N=C1C=C(C[C@H](N)C(=O)O)C(=O)C=C1O. The number of carboxylic acid groups (broad SMARTS) is 1. The Morgan fingerprint density at radius 3 is 2.67 bits per heavy atom. The Labute approximate surface area is 85.2 Å². The number of allylic oxidation sites excluding steroid dienone is 2. The van der Waals surface area contributed by atoms with E-state index in [-0.39, 0.29) is 17.7 Å². The summed E-state index contributed by atoms with van der Waals surface area (Å²) in [7, 11) is 0. The zero-order valence-corrected chi connectivity index (χ0v) is 7.73. The molecule has 0 unspecified atom stereocenters. The van der Waals surface area contributed by atoms with Gasteiger partial charge in [0.15, 0.2) is 5.78 Å². The Bertz CT molecular complexity index is 395. The van der Waals surface area contributed by atoms with Gasteiger partial charge in [0.1, 0.15) is 11.8 Å². The number of aliphatic hydroxyl groups is 1. The molecule has 1 rings (SSSR count). The number of carbonyl (C=O) groups excluding carboxylic acids is 1. The third kappa shape index (κ3) is 2.50. The molecule has 1 atom stereocenters. The molecule has 15 heavy (non-hydrogen) atoms. The maximum absolute atomic E-state index is 11.3. The van der Waals surface area contributed by atoms with E-state index in [0.717, 1.165) is 12.2 Å². The number of carbonyl (C=O) groups is 2. The van der Waals surface area contributed by atoms with Gasteiger partial charge in [-0.1, -0.05) is 0 Å². The average molecular weight is 210 g/mol. The van der Waals surface area contributed by atoms with E-state index >= 15 is 0 Å². The lowest BCUT2D eigenvalue weighted by Gasteiger charge is -2.12. The van der Waals surface area contributed by atoms with Gasteiger partial charge in [-0.05, 0) is 6.08 Å². The number of rotatable bonds is 3. The smallest absolute Gasteiger partial charge is 0.320 e. The standard InChI is InChI=1S/C9H10N2O4/c10-5-1-4(2-6(11)9(14)15)7(12)3-8(5)13/h1,3,6,10,13H,2,11H2,(H,14,15)/t6-/m0/s1. The Balaban J connectivity index is 2.81. The molecule has 0 aromatic heterocycles. The van der Waals surface area contributed by atoms with E-state index in [9.17, 15) is 9.59 Å².